The van der Waals surface area contributed by atoms with Crippen LogP contribution in [-0.4, -0.2) is 63.2 Å². The molecule has 4 nitrogen and oxygen atoms in total. The Bertz CT molecular complexity index is 678. The van der Waals surface area contributed by atoms with Gasteiger partial charge in [-0.3, -0.25) is 0 Å². The molecule has 3 rings (SSSR count). The van der Waals surface area contributed by atoms with Crippen molar-refractivity contribution < 1.29 is 4.74 Å². The minimum atomic E-state index is 0.689. The van der Waals surface area contributed by atoms with Crippen molar-refractivity contribution in [3.05, 3.63) is 52.1 Å². The fourth-order valence-electron chi connectivity index (χ4n) is 3.44. The highest BCUT2D eigenvalue weighted by Gasteiger charge is 2.19. The third-order valence-corrected chi connectivity index (χ3v) is 6.28. The number of thioether (sulfide) groups is 1. The first-order chi connectivity index (χ1) is 13.1. The molecule has 1 aliphatic heterocycles. The number of nitrogens with zero attached hydrogens (tertiary/aromatic N) is 2. The first kappa shape index (κ1) is 20.5. The largest absolute Gasteiger partial charge is 0.375 e. The van der Waals surface area contributed by atoms with E-state index in [2.05, 4.69) is 66.5 Å². The van der Waals surface area contributed by atoms with Crippen LogP contribution in [-0.2, 0) is 11.3 Å². The highest BCUT2D eigenvalue weighted by atomic mass is 32.2. The van der Waals surface area contributed by atoms with Crippen molar-refractivity contribution >= 4 is 11.8 Å². The van der Waals surface area contributed by atoms with Crippen LogP contribution >= 0.6 is 11.8 Å². The fraction of sp³-hybridized carbons (Fsp3) is 0.545. The van der Waals surface area contributed by atoms with E-state index in [0.29, 0.717) is 6.61 Å². The van der Waals surface area contributed by atoms with E-state index in [1.165, 1.54) is 26.6 Å². The molecular formula is C22H33N3OS. The van der Waals surface area contributed by atoms with Gasteiger partial charge in [0.05, 0.1) is 13.2 Å². The summed E-state index contributed by atoms with van der Waals surface area (Å²) in [5.41, 5.74) is 4.12. The quantitative estimate of drug-likeness (QED) is 0.688. The Labute approximate surface area is 168 Å². The molecule has 1 heterocycles. The summed E-state index contributed by atoms with van der Waals surface area (Å²) in [6.45, 7) is 9.05. The Morgan fingerprint density at radius 3 is 2.78 bits per heavy atom. The number of ether oxygens (including phenoxy) is 1. The third-order valence-electron chi connectivity index (χ3n) is 5.01. The molecule has 0 saturated carbocycles. The van der Waals surface area contributed by atoms with Gasteiger partial charge in [0, 0.05) is 48.2 Å². The zero-order chi connectivity index (χ0) is 19.1. The molecule has 1 aromatic rings. The minimum Gasteiger partial charge on any atom is -0.375 e. The lowest BCUT2D eigenvalue weighted by molar-refractivity contribution is 0.105. The van der Waals surface area contributed by atoms with E-state index in [1.54, 1.807) is 0 Å². The number of nitrogens with one attached hydrogen (secondary N) is 1. The molecular weight excluding hydrogens is 354 g/mol. The van der Waals surface area contributed by atoms with Gasteiger partial charge in [-0.15, -0.1) is 0 Å². The number of hydrogen-bond donors (Lipinski definition) is 1. The normalized spacial score (nSPS) is 17.9. The lowest BCUT2D eigenvalue weighted by atomic mass is 10.1. The molecule has 0 unspecified atom stereocenters. The Morgan fingerprint density at radius 1 is 1.22 bits per heavy atom. The third kappa shape index (κ3) is 6.11. The molecule has 1 fully saturated rings. The van der Waals surface area contributed by atoms with Gasteiger partial charge >= 0.3 is 0 Å². The van der Waals surface area contributed by atoms with Crippen molar-refractivity contribution in [1.29, 1.82) is 0 Å². The summed E-state index contributed by atoms with van der Waals surface area (Å²) in [5, 5.41) is 3.46. The highest BCUT2D eigenvalue weighted by Crippen LogP contribution is 2.37. The van der Waals surface area contributed by atoms with Crippen LogP contribution in [0.4, 0.5) is 0 Å². The Morgan fingerprint density at radius 2 is 2.04 bits per heavy atom. The van der Waals surface area contributed by atoms with E-state index in [9.17, 15) is 0 Å². The van der Waals surface area contributed by atoms with Gasteiger partial charge in [-0.05, 0) is 51.1 Å². The summed E-state index contributed by atoms with van der Waals surface area (Å²) < 4.78 is 5.79. The highest BCUT2D eigenvalue weighted by molar-refractivity contribution is 8.03. The first-order valence-electron chi connectivity index (χ1n) is 9.98. The number of rotatable bonds is 8. The van der Waals surface area contributed by atoms with Crippen LogP contribution in [0.1, 0.15) is 24.0 Å². The fourth-order valence-corrected chi connectivity index (χ4v) is 4.55. The molecule has 1 aliphatic carbocycles. The summed E-state index contributed by atoms with van der Waals surface area (Å²) in [4.78, 5) is 7.49. The van der Waals surface area contributed by atoms with Crippen LogP contribution in [0, 0.1) is 6.92 Å². The summed E-state index contributed by atoms with van der Waals surface area (Å²) in [7, 11) is 4.14. The molecule has 1 aromatic carbocycles. The molecule has 0 amide bonds. The van der Waals surface area contributed by atoms with Crippen LogP contribution in [0.15, 0.2) is 45.8 Å². The molecule has 0 radical (unpaired) electrons. The van der Waals surface area contributed by atoms with E-state index < -0.39 is 0 Å². The van der Waals surface area contributed by atoms with E-state index >= 15 is 0 Å². The van der Waals surface area contributed by atoms with Crippen molar-refractivity contribution in [3.8, 4) is 0 Å². The van der Waals surface area contributed by atoms with Gasteiger partial charge in [-0.1, -0.05) is 36.0 Å². The average Bonchev–Trinajstić information content (AvgIpc) is 2.68. The summed E-state index contributed by atoms with van der Waals surface area (Å²) in [5.74, 6) is 0. The zero-order valence-corrected chi connectivity index (χ0v) is 17.8. The lowest BCUT2D eigenvalue weighted by Crippen LogP contribution is -2.43. The molecule has 0 bridgehead atoms. The Kier molecular flexibility index (Phi) is 7.82. The van der Waals surface area contributed by atoms with Crippen molar-refractivity contribution in [2.45, 2.75) is 31.3 Å². The van der Waals surface area contributed by atoms with Crippen LogP contribution < -0.4 is 5.32 Å². The summed E-state index contributed by atoms with van der Waals surface area (Å²) in [6, 6.07) is 6.74. The van der Waals surface area contributed by atoms with E-state index in [1.807, 2.05) is 11.8 Å². The standard InChI is InChI=1S/C22H33N3OS/c1-18-16-19(17-26-15-14-24(2)3)8-9-21(18)27-22-7-5-4-6-20(22)25-12-10-23-11-13-25/h5,7-9,16,23H,4,6,10-15,17H2,1-3H3. The SMILES string of the molecule is Cc1cc(COCCN(C)C)ccc1SC1=C(N2CCNCC2)CCC=C1. The average molecular weight is 388 g/mol. The van der Waals surface area contributed by atoms with Crippen LogP contribution in [0.5, 0.6) is 0 Å². The topological polar surface area (TPSA) is 27.7 Å². The Hall–Kier alpha value is -1.27. The van der Waals surface area contributed by atoms with Gasteiger partial charge in [-0.2, -0.15) is 0 Å². The van der Waals surface area contributed by atoms with Crippen molar-refractivity contribution in [1.82, 2.24) is 15.1 Å². The van der Waals surface area contributed by atoms with Gasteiger partial charge < -0.3 is 19.9 Å². The van der Waals surface area contributed by atoms with Crippen LogP contribution in [0.2, 0.25) is 0 Å². The van der Waals surface area contributed by atoms with Gasteiger partial charge in [0.15, 0.2) is 0 Å². The maximum atomic E-state index is 5.79. The number of benzene rings is 1. The van der Waals surface area contributed by atoms with Crippen molar-refractivity contribution in [2.75, 3.05) is 53.4 Å². The lowest BCUT2D eigenvalue weighted by Gasteiger charge is -2.34. The second-order valence-corrected chi connectivity index (χ2v) is 8.63. The van der Waals surface area contributed by atoms with Crippen molar-refractivity contribution in [3.63, 3.8) is 0 Å². The molecule has 5 heteroatoms. The van der Waals surface area contributed by atoms with E-state index in [0.717, 1.165) is 52.2 Å². The molecule has 27 heavy (non-hydrogen) atoms. The second kappa shape index (κ2) is 10.3. The van der Waals surface area contributed by atoms with Crippen molar-refractivity contribution in [2.24, 2.45) is 0 Å². The maximum Gasteiger partial charge on any atom is 0.0717 e. The van der Waals surface area contributed by atoms with Gasteiger partial charge in [0.25, 0.3) is 0 Å². The smallest absolute Gasteiger partial charge is 0.0717 e. The minimum absolute atomic E-state index is 0.689. The van der Waals surface area contributed by atoms with E-state index in [4.69, 9.17) is 4.74 Å². The second-order valence-electron chi connectivity index (χ2n) is 7.55. The number of piperazine rings is 1. The van der Waals surface area contributed by atoms with Gasteiger partial charge in [0.2, 0.25) is 0 Å². The molecule has 0 spiro atoms. The molecule has 2 aliphatic rings. The number of likely N-dealkylation sites (N-methyl/N-ethyl adjacent to an activating group) is 1. The van der Waals surface area contributed by atoms with Gasteiger partial charge in [-0.25, -0.2) is 0 Å². The molecule has 0 aromatic heterocycles. The maximum absolute atomic E-state index is 5.79. The number of hydrogen-bond acceptors (Lipinski definition) is 5. The van der Waals surface area contributed by atoms with Gasteiger partial charge in [0.1, 0.15) is 0 Å². The number of allylic oxidation sites excluding steroid dienone is 3. The molecule has 1 saturated heterocycles. The van der Waals surface area contributed by atoms with E-state index in [-0.39, 0.29) is 0 Å². The first-order valence-corrected chi connectivity index (χ1v) is 10.8. The number of aryl methyl sites for hydroxylation is 1. The van der Waals surface area contributed by atoms with Crippen LogP contribution in [0.3, 0.4) is 0 Å². The summed E-state index contributed by atoms with van der Waals surface area (Å²) in [6.07, 6.45) is 6.96. The zero-order valence-electron chi connectivity index (χ0n) is 17.0. The Balaban J connectivity index is 1.65. The molecule has 1 N–H and O–H groups in total. The molecule has 148 valence electrons. The summed E-state index contributed by atoms with van der Waals surface area (Å²) >= 11 is 1.92. The molecule has 0 atom stereocenters. The predicted molar refractivity (Wildman–Crippen MR) is 115 cm³/mol. The monoisotopic (exact) mass is 387 g/mol. The van der Waals surface area contributed by atoms with Crippen LogP contribution in [0.25, 0.3) is 0 Å². The predicted octanol–water partition coefficient (Wildman–Crippen LogP) is 3.63.